The van der Waals surface area contributed by atoms with Crippen LogP contribution in [0.2, 0.25) is 0 Å². The molecule has 1 saturated carbocycles. The predicted octanol–water partition coefficient (Wildman–Crippen LogP) is 4.23. The van der Waals surface area contributed by atoms with Crippen molar-refractivity contribution >= 4 is 37.8 Å². The summed E-state index contributed by atoms with van der Waals surface area (Å²) in [6.07, 6.45) is 4.26. The van der Waals surface area contributed by atoms with Crippen LogP contribution >= 0.6 is 31.9 Å². The maximum Gasteiger partial charge on any atom is 0.251 e. The molecule has 2 rings (SSSR count). The largest absolute Gasteiger partial charge is 0.507 e. The number of halogens is 2. The number of hydrogen-bond donors (Lipinski definition) is 2. The van der Waals surface area contributed by atoms with Crippen LogP contribution in [0.4, 0.5) is 0 Å². The van der Waals surface area contributed by atoms with Crippen LogP contribution in [-0.2, 0) is 0 Å². The lowest BCUT2D eigenvalue weighted by atomic mass is 9.78. The molecule has 1 amide bonds. The lowest BCUT2D eigenvalue weighted by Crippen LogP contribution is -2.52. The number of benzene rings is 1. The first kappa shape index (κ1) is 15.8. The Balaban J connectivity index is 2.11. The fourth-order valence-electron chi connectivity index (χ4n) is 2.57. The van der Waals surface area contributed by atoms with E-state index in [0.29, 0.717) is 10.0 Å². The molecule has 1 aromatic rings. The zero-order valence-corrected chi connectivity index (χ0v) is 14.6. The van der Waals surface area contributed by atoms with Crippen molar-refractivity contribution < 1.29 is 9.90 Å². The van der Waals surface area contributed by atoms with E-state index in [9.17, 15) is 9.90 Å². The molecule has 0 heterocycles. The van der Waals surface area contributed by atoms with Crippen molar-refractivity contribution in [3.63, 3.8) is 0 Å². The standard InChI is InChI=1S/C15H19Br2NO2/c1-10-4-6-15(9-16,7-5-10)18-14(20)11-2-3-12(17)13(19)8-11/h2-3,8,10,19H,4-7,9H2,1H3,(H,18,20). The molecule has 0 aromatic heterocycles. The maximum absolute atomic E-state index is 12.4. The number of hydrogen-bond acceptors (Lipinski definition) is 2. The fraction of sp³-hybridized carbons (Fsp3) is 0.533. The predicted molar refractivity (Wildman–Crippen MR) is 87.4 cm³/mol. The molecule has 0 aliphatic heterocycles. The summed E-state index contributed by atoms with van der Waals surface area (Å²) in [6.45, 7) is 2.26. The van der Waals surface area contributed by atoms with Crippen LogP contribution in [0.3, 0.4) is 0 Å². The molecule has 1 fully saturated rings. The molecule has 0 unspecified atom stereocenters. The first-order chi connectivity index (χ1) is 9.46. The third-order valence-corrected chi connectivity index (χ3v) is 5.82. The molecule has 20 heavy (non-hydrogen) atoms. The zero-order valence-electron chi connectivity index (χ0n) is 11.5. The van der Waals surface area contributed by atoms with Gasteiger partial charge in [0, 0.05) is 10.9 Å². The molecule has 1 aliphatic rings. The van der Waals surface area contributed by atoms with Crippen LogP contribution in [0.15, 0.2) is 22.7 Å². The van der Waals surface area contributed by atoms with E-state index in [1.807, 2.05) is 0 Å². The lowest BCUT2D eigenvalue weighted by Gasteiger charge is -2.39. The molecule has 5 heteroatoms. The fourth-order valence-corrected chi connectivity index (χ4v) is 3.52. The van der Waals surface area contributed by atoms with Crippen molar-refractivity contribution in [1.82, 2.24) is 5.32 Å². The number of carbonyl (C=O) groups excluding carboxylic acids is 1. The molecule has 0 atom stereocenters. The van der Waals surface area contributed by atoms with Crippen LogP contribution in [-0.4, -0.2) is 21.9 Å². The molecule has 0 bridgehead atoms. The van der Waals surface area contributed by atoms with E-state index in [1.165, 1.54) is 6.07 Å². The van der Waals surface area contributed by atoms with Crippen LogP contribution in [0.5, 0.6) is 5.75 Å². The Labute approximate surface area is 136 Å². The Kier molecular flexibility index (Phi) is 5.13. The minimum Gasteiger partial charge on any atom is -0.507 e. The van der Waals surface area contributed by atoms with Gasteiger partial charge >= 0.3 is 0 Å². The number of amides is 1. The number of rotatable bonds is 3. The summed E-state index contributed by atoms with van der Waals surface area (Å²) in [5.74, 6) is 0.695. The molecule has 0 spiro atoms. The smallest absolute Gasteiger partial charge is 0.251 e. The minimum absolute atomic E-state index is 0.0859. The van der Waals surface area contributed by atoms with E-state index in [-0.39, 0.29) is 17.2 Å². The van der Waals surface area contributed by atoms with Gasteiger partial charge in [-0.15, -0.1) is 0 Å². The topological polar surface area (TPSA) is 49.3 Å². The molecule has 0 saturated heterocycles. The molecule has 0 radical (unpaired) electrons. The van der Waals surface area contributed by atoms with Crippen molar-refractivity contribution in [2.45, 2.75) is 38.1 Å². The average molecular weight is 405 g/mol. The summed E-state index contributed by atoms with van der Waals surface area (Å²) >= 11 is 6.76. The van der Waals surface area contributed by atoms with Gasteiger partial charge in [0.05, 0.1) is 10.0 Å². The van der Waals surface area contributed by atoms with E-state index in [0.717, 1.165) is 36.9 Å². The normalized spacial score (nSPS) is 26.2. The first-order valence-electron chi connectivity index (χ1n) is 6.83. The van der Waals surface area contributed by atoms with E-state index < -0.39 is 0 Å². The second kappa shape index (κ2) is 6.48. The number of phenols is 1. The Morgan fingerprint density at radius 1 is 1.45 bits per heavy atom. The summed E-state index contributed by atoms with van der Waals surface area (Å²) in [5, 5.41) is 13.6. The van der Waals surface area contributed by atoms with Gasteiger partial charge < -0.3 is 10.4 Å². The highest BCUT2D eigenvalue weighted by Gasteiger charge is 2.34. The molecule has 2 N–H and O–H groups in total. The average Bonchev–Trinajstić information content (AvgIpc) is 2.44. The molecule has 1 aliphatic carbocycles. The number of phenolic OH excluding ortho intramolecular Hbond substituents is 1. The van der Waals surface area contributed by atoms with Gasteiger partial charge in [-0.1, -0.05) is 22.9 Å². The summed E-state index contributed by atoms with van der Waals surface area (Å²) in [7, 11) is 0. The lowest BCUT2D eigenvalue weighted by molar-refractivity contribution is 0.0874. The van der Waals surface area contributed by atoms with Gasteiger partial charge in [0.15, 0.2) is 0 Å². The van der Waals surface area contributed by atoms with E-state index in [1.54, 1.807) is 12.1 Å². The summed E-state index contributed by atoms with van der Waals surface area (Å²) in [6, 6.07) is 4.90. The molecule has 1 aromatic carbocycles. The van der Waals surface area contributed by atoms with Crippen LogP contribution in [0.25, 0.3) is 0 Å². The highest BCUT2D eigenvalue weighted by atomic mass is 79.9. The van der Waals surface area contributed by atoms with Gasteiger partial charge in [0.1, 0.15) is 5.75 Å². The van der Waals surface area contributed by atoms with Gasteiger partial charge in [-0.25, -0.2) is 0 Å². The van der Waals surface area contributed by atoms with Crippen molar-refractivity contribution in [3.8, 4) is 5.75 Å². The van der Waals surface area contributed by atoms with Crippen molar-refractivity contribution in [3.05, 3.63) is 28.2 Å². The summed E-state index contributed by atoms with van der Waals surface area (Å²) in [5.41, 5.74) is 0.330. The molecular formula is C15H19Br2NO2. The highest BCUT2D eigenvalue weighted by Crippen LogP contribution is 2.33. The Hall–Kier alpha value is -0.550. The molecular weight excluding hydrogens is 386 g/mol. The third kappa shape index (κ3) is 3.55. The SMILES string of the molecule is CC1CCC(CBr)(NC(=O)c2ccc(Br)c(O)c2)CC1. The number of alkyl halides is 1. The minimum atomic E-state index is -0.160. The second-order valence-corrected chi connectivity index (χ2v) is 7.13. The number of nitrogens with one attached hydrogen (secondary N) is 1. The highest BCUT2D eigenvalue weighted by molar-refractivity contribution is 9.10. The van der Waals surface area contributed by atoms with Gasteiger partial charge in [0.2, 0.25) is 0 Å². The monoisotopic (exact) mass is 403 g/mol. The second-order valence-electron chi connectivity index (χ2n) is 5.72. The van der Waals surface area contributed by atoms with E-state index in [2.05, 4.69) is 44.1 Å². The third-order valence-electron chi connectivity index (χ3n) is 4.07. The van der Waals surface area contributed by atoms with Gasteiger partial charge in [-0.05, 0) is 65.7 Å². The van der Waals surface area contributed by atoms with Crippen LogP contribution in [0.1, 0.15) is 43.0 Å². The number of aromatic hydroxyl groups is 1. The molecule has 3 nitrogen and oxygen atoms in total. The van der Waals surface area contributed by atoms with E-state index >= 15 is 0 Å². The van der Waals surface area contributed by atoms with Crippen molar-refractivity contribution in [1.29, 1.82) is 0 Å². The Bertz CT molecular complexity index is 497. The number of carbonyl (C=O) groups is 1. The van der Waals surface area contributed by atoms with Crippen LogP contribution < -0.4 is 5.32 Å². The molecule has 110 valence electrons. The van der Waals surface area contributed by atoms with Gasteiger partial charge in [-0.2, -0.15) is 0 Å². The van der Waals surface area contributed by atoms with E-state index in [4.69, 9.17) is 0 Å². The van der Waals surface area contributed by atoms with Crippen LogP contribution in [0, 0.1) is 5.92 Å². The van der Waals surface area contributed by atoms with Gasteiger partial charge in [0.25, 0.3) is 5.91 Å². The Morgan fingerprint density at radius 3 is 2.65 bits per heavy atom. The Morgan fingerprint density at radius 2 is 2.10 bits per heavy atom. The summed E-state index contributed by atoms with van der Waals surface area (Å²) in [4.78, 5) is 12.4. The van der Waals surface area contributed by atoms with Gasteiger partial charge in [-0.3, -0.25) is 4.79 Å². The first-order valence-corrected chi connectivity index (χ1v) is 8.74. The van der Waals surface area contributed by atoms with Crippen molar-refractivity contribution in [2.75, 3.05) is 5.33 Å². The maximum atomic E-state index is 12.4. The van der Waals surface area contributed by atoms with Crippen molar-refractivity contribution in [2.24, 2.45) is 5.92 Å². The summed E-state index contributed by atoms with van der Waals surface area (Å²) < 4.78 is 0.593. The quantitative estimate of drug-likeness (QED) is 0.740. The zero-order chi connectivity index (χ0) is 14.8.